The average Bonchev–Trinajstić information content (AvgIpc) is 2.80. The molecule has 0 aliphatic rings. The molecule has 0 amide bonds. The smallest absolute Gasteiger partial charge is 0.192 e. The van der Waals surface area contributed by atoms with Crippen molar-refractivity contribution in [1.82, 2.24) is 10.6 Å². The maximum absolute atomic E-state index is 8.95. The lowest BCUT2D eigenvalue weighted by Gasteiger charge is -2.21. The lowest BCUT2D eigenvalue weighted by molar-refractivity contribution is 0.196. The summed E-state index contributed by atoms with van der Waals surface area (Å²) >= 11 is 0. The Kier molecular flexibility index (Phi) is 9.77. The number of methoxy groups -OCH3 is 3. The van der Waals surface area contributed by atoms with Gasteiger partial charge in [-0.15, -0.1) is 0 Å². The fourth-order valence-electron chi connectivity index (χ4n) is 3.04. The Labute approximate surface area is 184 Å². The van der Waals surface area contributed by atoms with Crippen molar-refractivity contribution < 1.29 is 24.1 Å². The van der Waals surface area contributed by atoms with E-state index in [9.17, 15) is 0 Å². The normalized spacial score (nSPS) is 12.1. The summed E-state index contributed by atoms with van der Waals surface area (Å²) in [4.78, 5) is 4.70. The molecule has 0 aliphatic heterocycles. The van der Waals surface area contributed by atoms with Gasteiger partial charge in [-0.1, -0.05) is 6.07 Å². The van der Waals surface area contributed by atoms with E-state index in [4.69, 9.17) is 29.0 Å². The molecule has 0 aliphatic carbocycles. The number of nitrogens with zero attached hydrogens (tertiary/aromatic N) is 1. The molecule has 0 aromatic heterocycles. The van der Waals surface area contributed by atoms with Crippen molar-refractivity contribution in [3.8, 4) is 23.0 Å². The van der Waals surface area contributed by atoms with Gasteiger partial charge in [0, 0.05) is 12.1 Å². The SMILES string of the molecule is CCNC(=NCc1ccc(OCCO)c(OC)c1)NC(C)c1cc(OC)ccc1OC. The third-order valence-corrected chi connectivity index (χ3v) is 4.60. The van der Waals surface area contributed by atoms with Gasteiger partial charge in [0.1, 0.15) is 18.1 Å². The third kappa shape index (κ3) is 6.96. The molecule has 8 heteroatoms. The number of aliphatic hydroxyl groups is 1. The number of ether oxygens (including phenoxy) is 4. The largest absolute Gasteiger partial charge is 0.497 e. The second-order valence-electron chi connectivity index (χ2n) is 6.73. The van der Waals surface area contributed by atoms with Crippen LogP contribution < -0.4 is 29.6 Å². The molecule has 170 valence electrons. The molecular formula is C23H33N3O5. The predicted octanol–water partition coefficient (Wildman–Crippen LogP) is 2.90. The van der Waals surface area contributed by atoms with Crippen LogP contribution >= 0.6 is 0 Å². The van der Waals surface area contributed by atoms with Crippen LogP contribution in [-0.2, 0) is 6.54 Å². The van der Waals surface area contributed by atoms with Gasteiger partial charge in [-0.05, 0) is 49.7 Å². The number of hydrogen-bond donors (Lipinski definition) is 3. The summed E-state index contributed by atoms with van der Waals surface area (Å²) in [5.41, 5.74) is 1.94. The lowest BCUT2D eigenvalue weighted by atomic mass is 10.1. The Morgan fingerprint density at radius 3 is 2.39 bits per heavy atom. The molecule has 0 saturated carbocycles. The van der Waals surface area contributed by atoms with Crippen molar-refractivity contribution in [3.05, 3.63) is 47.5 Å². The van der Waals surface area contributed by atoms with Crippen molar-refractivity contribution in [3.63, 3.8) is 0 Å². The molecule has 0 saturated heterocycles. The van der Waals surface area contributed by atoms with Gasteiger partial charge in [0.05, 0.1) is 40.5 Å². The zero-order valence-electron chi connectivity index (χ0n) is 18.9. The molecule has 2 rings (SSSR count). The first-order valence-electron chi connectivity index (χ1n) is 10.2. The summed E-state index contributed by atoms with van der Waals surface area (Å²) in [6, 6.07) is 11.3. The number of benzene rings is 2. The highest BCUT2D eigenvalue weighted by Gasteiger charge is 2.14. The van der Waals surface area contributed by atoms with Crippen LogP contribution in [0, 0.1) is 0 Å². The van der Waals surface area contributed by atoms with Crippen LogP contribution in [0.5, 0.6) is 23.0 Å². The molecule has 0 radical (unpaired) electrons. The van der Waals surface area contributed by atoms with Gasteiger partial charge in [0.2, 0.25) is 0 Å². The topological polar surface area (TPSA) is 93.6 Å². The van der Waals surface area contributed by atoms with E-state index in [1.54, 1.807) is 21.3 Å². The number of aliphatic imine (C=N–C) groups is 1. The van der Waals surface area contributed by atoms with E-state index in [1.165, 1.54) is 0 Å². The molecule has 1 unspecified atom stereocenters. The van der Waals surface area contributed by atoms with Crippen molar-refractivity contribution in [2.45, 2.75) is 26.4 Å². The van der Waals surface area contributed by atoms with Gasteiger partial charge in [-0.2, -0.15) is 0 Å². The fraction of sp³-hybridized carbons (Fsp3) is 0.435. The molecular weight excluding hydrogens is 398 g/mol. The summed E-state index contributed by atoms with van der Waals surface area (Å²) in [5.74, 6) is 3.42. The average molecular weight is 432 g/mol. The van der Waals surface area contributed by atoms with E-state index < -0.39 is 0 Å². The molecule has 8 nitrogen and oxygen atoms in total. The van der Waals surface area contributed by atoms with Crippen LogP contribution in [0.15, 0.2) is 41.4 Å². The number of nitrogens with one attached hydrogen (secondary N) is 2. The van der Waals surface area contributed by atoms with Crippen LogP contribution in [0.1, 0.15) is 31.0 Å². The second kappa shape index (κ2) is 12.5. The highest BCUT2D eigenvalue weighted by Crippen LogP contribution is 2.30. The molecule has 0 bridgehead atoms. The number of aliphatic hydroxyl groups excluding tert-OH is 1. The van der Waals surface area contributed by atoms with Crippen molar-refractivity contribution in [1.29, 1.82) is 0 Å². The van der Waals surface area contributed by atoms with Gasteiger partial charge in [-0.25, -0.2) is 4.99 Å². The van der Waals surface area contributed by atoms with Gasteiger partial charge in [0.15, 0.2) is 17.5 Å². The molecule has 3 N–H and O–H groups in total. The Morgan fingerprint density at radius 1 is 1.00 bits per heavy atom. The number of hydrogen-bond acceptors (Lipinski definition) is 6. The first-order valence-corrected chi connectivity index (χ1v) is 10.2. The number of guanidine groups is 1. The molecule has 2 aromatic rings. The number of rotatable bonds is 11. The minimum absolute atomic E-state index is 0.0524. The first kappa shape index (κ1) is 24.1. The van der Waals surface area contributed by atoms with Gasteiger partial charge in [-0.3, -0.25) is 0 Å². The van der Waals surface area contributed by atoms with Crippen molar-refractivity contribution >= 4 is 5.96 Å². The quantitative estimate of drug-likeness (QED) is 0.372. The van der Waals surface area contributed by atoms with Gasteiger partial charge < -0.3 is 34.7 Å². The third-order valence-electron chi connectivity index (χ3n) is 4.60. The highest BCUT2D eigenvalue weighted by molar-refractivity contribution is 5.80. The van der Waals surface area contributed by atoms with E-state index in [2.05, 4.69) is 10.6 Å². The first-order chi connectivity index (χ1) is 15.1. The molecule has 0 fully saturated rings. The zero-order valence-corrected chi connectivity index (χ0v) is 18.9. The standard InChI is InChI=1S/C23H33N3O5/c1-6-24-23(26-16(2)19-14-18(28-3)8-10-20(19)29-4)25-15-17-7-9-21(31-12-11-27)22(13-17)30-5/h7-10,13-14,16,27H,6,11-12,15H2,1-5H3,(H2,24,25,26). The predicted molar refractivity (Wildman–Crippen MR) is 121 cm³/mol. The van der Waals surface area contributed by atoms with Gasteiger partial charge >= 0.3 is 0 Å². The van der Waals surface area contributed by atoms with Crippen LogP contribution in [0.2, 0.25) is 0 Å². The minimum Gasteiger partial charge on any atom is -0.497 e. The molecule has 1 atom stereocenters. The summed E-state index contributed by atoms with van der Waals surface area (Å²) in [6.45, 7) is 5.40. The lowest BCUT2D eigenvalue weighted by Crippen LogP contribution is -2.38. The van der Waals surface area contributed by atoms with E-state index >= 15 is 0 Å². The van der Waals surface area contributed by atoms with Crippen molar-refractivity contribution in [2.24, 2.45) is 4.99 Å². The zero-order chi connectivity index (χ0) is 22.6. The summed E-state index contributed by atoms with van der Waals surface area (Å²) in [5, 5.41) is 15.6. The van der Waals surface area contributed by atoms with Crippen LogP contribution in [0.3, 0.4) is 0 Å². The van der Waals surface area contributed by atoms with Crippen LogP contribution in [0.4, 0.5) is 0 Å². The summed E-state index contributed by atoms with van der Waals surface area (Å²) < 4.78 is 21.7. The summed E-state index contributed by atoms with van der Waals surface area (Å²) in [6.07, 6.45) is 0. The molecule has 31 heavy (non-hydrogen) atoms. The minimum atomic E-state index is -0.0633. The maximum atomic E-state index is 8.95. The van der Waals surface area contributed by atoms with Gasteiger partial charge in [0.25, 0.3) is 0 Å². The fourth-order valence-corrected chi connectivity index (χ4v) is 3.04. The van der Waals surface area contributed by atoms with E-state index in [1.807, 2.05) is 50.2 Å². The monoisotopic (exact) mass is 431 g/mol. The second-order valence-corrected chi connectivity index (χ2v) is 6.73. The van der Waals surface area contributed by atoms with E-state index in [0.29, 0.717) is 24.0 Å². The van der Waals surface area contributed by atoms with Crippen LogP contribution in [-0.4, -0.2) is 52.2 Å². The highest BCUT2D eigenvalue weighted by atomic mass is 16.5. The molecule has 0 heterocycles. The Morgan fingerprint density at radius 2 is 1.74 bits per heavy atom. The molecule has 2 aromatic carbocycles. The van der Waals surface area contributed by atoms with E-state index in [0.717, 1.165) is 29.2 Å². The Balaban J connectivity index is 2.17. The maximum Gasteiger partial charge on any atom is 0.192 e. The summed E-state index contributed by atoms with van der Waals surface area (Å²) in [7, 11) is 4.88. The Bertz CT molecular complexity index is 857. The molecule has 0 spiro atoms. The van der Waals surface area contributed by atoms with E-state index in [-0.39, 0.29) is 19.3 Å². The van der Waals surface area contributed by atoms with Crippen LogP contribution in [0.25, 0.3) is 0 Å². The van der Waals surface area contributed by atoms with Crippen molar-refractivity contribution in [2.75, 3.05) is 41.1 Å². The Hall–Kier alpha value is -3.13.